The van der Waals surface area contributed by atoms with Gasteiger partial charge in [0, 0.05) is 44.7 Å². The van der Waals surface area contributed by atoms with Gasteiger partial charge in [-0.3, -0.25) is 9.87 Å². The van der Waals surface area contributed by atoms with Crippen LogP contribution >= 0.6 is 0 Å². The minimum atomic E-state index is -4.90. The molecule has 4 aliphatic rings. The van der Waals surface area contributed by atoms with Gasteiger partial charge in [0.05, 0.1) is 12.1 Å². The van der Waals surface area contributed by atoms with Crippen LogP contribution in [0.1, 0.15) is 112 Å². The summed E-state index contributed by atoms with van der Waals surface area (Å²) in [5.41, 5.74) is -2.25. The van der Waals surface area contributed by atoms with Crippen molar-refractivity contribution in [1.29, 1.82) is 0 Å². The van der Waals surface area contributed by atoms with E-state index < -0.39 is 63.6 Å². The van der Waals surface area contributed by atoms with E-state index in [0.717, 1.165) is 17.9 Å². The molecule has 0 aromatic carbocycles. The lowest BCUT2D eigenvalue weighted by Gasteiger charge is -2.39. The highest BCUT2D eigenvalue weighted by atomic mass is 32.3. The quantitative estimate of drug-likeness (QED) is 0.164. The SMILES string of the molecule is CC(C)(C)OC(=O)N=C(NC(=O)OC(C)(C)C)N1CCC(N(CCc2cc([C@@H]3CC4(CC4)[C@@H]4CN3C(=O)N4OS(=O)(=O)O)no2)C(=O)OC(C)(C)C)CC1. The number of hydrogen-bond acceptors (Lipinski definition) is 12. The van der Waals surface area contributed by atoms with E-state index in [-0.39, 0.29) is 36.9 Å². The van der Waals surface area contributed by atoms with Gasteiger partial charge in [-0.15, -0.1) is 9.28 Å². The minimum absolute atomic E-state index is 0.0267. The fraction of sp³-hybridized carbons (Fsp3) is 0.765. The van der Waals surface area contributed by atoms with Gasteiger partial charge < -0.3 is 33.4 Å². The van der Waals surface area contributed by atoms with Crippen LogP contribution in [0.5, 0.6) is 0 Å². The number of alkyl carbamates (subject to hydrolysis) is 1. The zero-order chi connectivity index (χ0) is 40.0. The predicted octanol–water partition coefficient (Wildman–Crippen LogP) is 4.80. The van der Waals surface area contributed by atoms with Crippen molar-refractivity contribution in [3.05, 3.63) is 17.5 Å². The molecule has 1 aliphatic carbocycles. The molecule has 2 bridgehead atoms. The molecule has 5 amide bonds. The van der Waals surface area contributed by atoms with Crippen molar-refractivity contribution in [1.82, 2.24) is 30.2 Å². The number of nitrogens with one attached hydrogen (secondary N) is 1. The maximum atomic E-state index is 13.6. The van der Waals surface area contributed by atoms with Crippen LogP contribution in [0.4, 0.5) is 19.2 Å². The Kier molecular flexibility index (Phi) is 11.3. The Balaban J connectivity index is 1.28. The molecule has 4 fully saturated rings. The Bertz CT molecular complexity index is 1730. The van der Waals surface area contributed by atoms with Crippen LogP contribution in [-0.4, -0.2) is 123 Å². The van der Waals surface area contributed by atoms with Gasteiger partial charge in [-0.25, -0.2) is 19.2 Å². The van der Waals surface area contributed by atoms with E-state index in [0.29, 0.717) is 43.8 Å². The molecule has 5 rings (SSSR count). The first-order valence-electron chi connectivity index (χ1n) is 18.1. The molecule has 1 saturated carbocycles. The molecule has 54 heavy (non-hydrogen) atoms. The van der Waals surface area contributed by atoms with E-state index in [4.69, 9.17) is 18.7 Å². The predicted molar refractivity (Wildman–Crippen MR) is 190 cm³/mol. The summed E-state index contributed by atoms with van der Waals surface area (Å²) in [6.45, 7) is 16.7. The molecule has 4 heterocycles. The number of urea groups is 1. The lowest BCUT2D eigenvalue weighted by Crippen LogP contribution is -2.54. The maximum Gasteiger partial charge on any atom is 0.437 e. The molecular formula is C34H53N7O12S. The van der Waals surface area contributed by atoms with E-state index >= 15 is 0 Å². The lowest BCUT2D eigenvalue weighted by molar-refractivity contribution is -0.0527. The molecule has 20 heteroatoms. The highest BCUT2D eigenvalue weighted by Gasteiger charge is 2.64. The van der Waals surface area contributed by atoms with Crippen LogP contribution in [-0.2, 0) is 35.3 Å². The number of hydroxylamine groups is 2. The van der Waals surface area contributed by atoms with E-state index in [9.17, 15) is 32.1 Å². The average molecular weight is 784 g/mol. The summed E-state index contributed by atoms with van der Waals surface area (Å²) in [6, 6.07) is -0.252. The highest BCUT2D eigenvalue weighted by molar-refractivity contribution is 7.80. The third kappa shape index (κ3) is 10.5. The number of nitrogens with zero attached hydrogens (tertiary/aromatic N) is 6. The third-order valence-corrected chi connectivity index (χ3v) is 9.74. The molecule has 302 valence electrons. The summed E-state index contributed by atoms with van der Waals surface area (Å²) >= 11 is 0. The Labute approximate surface area is 315 Å². The number of piperidine rings is 2. The maximum absolute atomic E-state index is 13.6. The number of aromatic nitrogens is 1. The number of hydrogen-bond donors (Lipinski definition) is 2. The van der Waals surface area contributed by atoms with Crippen LogP contribution < -0.4 is 5.32 Å². The molecule has 1 spiro atoms. The summed E-state index contributed by atoms with van der Waals surface area (Å²) in [4.78, 5) is 61.1. The zero-order valence-electron chi connectivity index (χ0n) is 32.4. The van der Waals surface area contributed by atoms with Crippen molar-refractivity contribution in [2.24, 2.45) is 10.4 Å². The van der Waals surface area contributed by atoms with Crippen LogP contribution in [0.25, 0.3) is 0 Å². The van der Waals surface area contributed by atoms with Crippen molar-refractivity contribution in [3.8, 4) is 0 Å². The number of carbonyl (C=O) groups excluding carboxylic acids is 4. The number of likely N-dealkylation sites (tertiary alicyclic amines) is 1. The number of carbonyl (C=O) groups is 4. The van der Waals surface area contributed by atoms with E-state index in [1.807, 2.05) is 0 Å². The highest BCUT2D eigenvalue weighted by Crippen LogP contribution is 2.61. The Hall–Kier alpha value is -4.17. The summed E-state index contributed by atoms with van der Waals surface area (Å²) in [5.74, 6) is 0.440. The fourth-order valence-corrected chi connectivity index (χ4v) is 7.36. The number of guanidine groups is 1. The summed E-state index contributed by atoms with van der Waals surface area (Å²) in [6.07, 6.45) is 1.01. The molecular weight excluding hydrogens is 730 g/mol. The summed E-state index contributed by atoms with van der Waals surface area (Å²) in [5, 5.41) is 7.61. The molecule has 1 aromatic heterocycles. The van der Waals surface area contributed by atoms with Crippen LogP contribution in [0.2, 0.25) is 0 Å². The minimum Gasteiger partial charge on any atom is -0.444 e. The molecule has 2 N–H and O–H groups in total. The monoisotopic (exact) mass is 783 g/mol. The smallest absolute Gasteiger partial charge is 0.437 e. The summed E-state index contributed by atoms with van der Waals surface area (Å²) in [7, 11) is -4.90. The average Bonchev–Trinajstić information content (AvgIpc) is 3.49. The van der Waals surface area contributed by atoms with E-state index in [2.05, 4.69) is 19.7 Å². The normalized spacial score (nSPS) is 22.0. The van der Waals surface area contributed by atoms with Crippen molar-refractivity contribution in [2.75, 3.05) is 26.2 Å². The number of ether oxygens (including phenoxy) is 3. The topological polar surface area (TPSA) is 223 Å². The largest absolute Gasteiger partial charge is 0.444 e. The Morgan fingerprint density at radius 2 is 1.63 bits per heavy atom. The molecule has 1 aromatic rings. The van der Waals surface area contributed by atoms with Gasteiger partial charge in [-0.1, -0.05) is 5.16 Å². The first-order chi connectivity index (χ1) is 24.8. The van der Waals surface area contributed by atoms with Gasteiger partial charge in [0.2, 0.25) is 5.96 Å². The fourth-order valence-electron chi connectivity index (χ4n) is 6.99. The second kappa shape index (κ2) is 14.8. The first-order valence-corrected chi connectivity index (χ1v) is 19.5. The first kappa shape index (κ1) is 41.0. The Morgan fingerprint density at radius 3 is 2.19 bits per heavy atom. The second-order valence-corrected chi connectivity index (χ2v) is 18.3. The number of rotatable bonds is 7. The molecule has 3 saturated heterocycles. The molecule has 0 unspecified atom stereocenters. The lowest BCUT2D eigenvalue weighted by atomic mass is 9.84. The van der Waals surface area contributed by atoms with Gasteiger partial charge in [-0.05, 0) is 99.8 Å². The molecule has 3 aliphatic heterocycles. The molecule has 19 nitrogen and oxygen atoms in total. The van der Waals surface area contributed by atoms with Gasteiger partial charge in [0.25, 0.3) is 0 Å². The van der Waals surface area contributed by atoms with Crippen LogP contribution in [0, 0.1) is 5.41 Å². The standard InChI is InChI=1S/C34H53N7O12S/c1-31(2,3)49-27(42)35-26(36-28(43)50-32(4,5)6)38-15-10-21(11-16-38)39(30(45)51-33(7,8)9)17-12-22-18-23(37-52-22)24-19-34(13-14-34)25-20-40(24)29(44)41(25)53-54(46,47)48/h18,21,24-25H,10-17,19-20H2,1-9H3,(H,46,47,48)(H,35,36,42,43)/t24-,25-/m0/s1. The third-order valence-electron chi connectivity index (χ3n) is 9.39. The van der Waals surface area contributed by atoms with Crippen molar-refractivity contribution in [3.63, 3.8) is 0 Å². The second-order valence-electron chi connectivity index (χ2n) is 17.3. The summed E-state index contributed by atoms with van der Waals surface area (Å²) < 4.78 is 59.2. The van der Waals surface area contributed by atoms with Gasteiger partial charge in [0.15, 0.2) is 0 Å². The van der Waals surface area contributed by atoms with Crippen molar-refractivity contribution in [2.45, 2.75) is 136 Å². The van der Waals surface area contributed by atoms with Crippen LogP contribution in [0.3, 0.4) is 0 Å². The number of fused-ring (bicyclic) bond motifs is 3. The van der Waals surface area contributed by atoms with Gasteiger partial charge in [0.1, 0.15) is 28.3 Å². The van der Waals surface area contributed by atoms with E-state index in [1.165, 1.54) is 4.90 Å². The molecule has 0 radical (unpaired) electrons. The number of amides is 5. The van der Waals surface area contributed by atoms with E-state index in [1.54, 1.807) is 78.2 Å². The van der Waals surface area contributed by atoms with Crippen molar-refractivity contribution >= 4 is 40.7 Å². The number of aliphatic imine (C=N–C) groups is 1. The van der Waals surface area contributed by atoms with Gasteiger partial charge >= 0.3 is 34.7 Å². The zero-order valence-corrected chi connectivity index (χ0v) is 33.2. The van der Waals surface area contributed by atoms with Gasteiger partial charge in [-0.2, -0.15) is 13.5 Å². The van der Waals surface area contributed by atoms with Crippen LogP contribution in [0.15, 0.2) is 15.6 Å². The Morgan fingerprint density at radius 1 is 1.02 bits per heavy atom. The van der Waals surface area contributed by atoms with Crippen molar-refractivity contribution < 1.29 is 55.2 Å². The molecule has 2 atom stereocenters.